The zero-order chi connectivity index (χ0) is 15.2. The van der Waals surface area contributed by atoms with Crippen LogP contribution in [0, 0.1) is 4.77 Å². The molecule has 1 aromatic heterocycles. The van der Waals surface area contributed by atoms with Crippen molar-refractivity contribution in [2.24, 2.45) is 0 Å². The van der Waals surface area contributed by atoms with Crippen molar-refractivity contribution in [2.75, 3.05) is 13.6 Å². The number of alkyl halides is 3. The molecule has 1 saturated heterocycles. The van der Waals surface area contributed by atoms with E-state index in [0.717, 1.165) is 37.0 Å². The number of nitrogens with zero attached hydrogens (tertiary/aromatic N) is 2. The number of imidazole rings is 1. The van der Waals surface area contributed by atoms with Crippen LogP contribution in [0.15, 0.2) is 18.2 Å². The van der Waals surface area contributed by atoms with Gasteiger partial charge in [0.1, 0.15) is 0 Å². The standard InChI is InChI=1S/C14H16F3N3S/c1-19-6-2-3-10(19)8-20-12-5-4-9(14(15,16)17)7-11(12)18-13(20)21/h4-5,7,10H,2-3,6,8H2,1H3,(H,18,21). The smallest absolute Gasteiger partial charge is 0.331 e. The van der Waals surface area contributed by atoms with E-state index in [-0.39, 0.29) is 0 Å². The Morgan fingerprint density at radius 3 is 2.76 bits per heavy atom. The second-order valence-corrected chi connectivity index (χ2v) is 5.93. The lowest BCUT2D eigenvalue weighted by atomic mass is 10.2. The van der Waals surface area contributed by atoms with E-state index in [0.29, 0.717) is 22.9 Å². The fourth-order valence-electron chi connectivity index (χ4n) is 2.94. The van der Waals surface area contributed by atoms with Gasteiger partial charge >= 0.3 is 6.18 Å². The molecule has 1 fully saturated rings. The summed E-state index contributed by atoms with van der Waals surface area (Å²) in [4.78, 5) is 5.16. The average Bonchev–Trinajstić information content (AvgIpc) is 2.93. The quantitative estimate of drug-likeness (QED) is 0.852. The van der Waals surface area contributed by atoms with E-state index in [9.17, 15) is 13.2 Å². The lowest BCUT2D eigenvalue weighted by molar-refractivity contribution is -0.137. The van der Waals surface area contributed by atoms with Crippen molar-refractivity contribution in [3.05, 3.63) is 28.5 Å². The lowest BCUT2D eigenvalue weighted by Crippen LogP contribution is -2.29. The molecule has 2 heterocycles. The molecule has 1 aromatic carbocycles. The maximum Gasteiger partial charge on any atom is 0.416 e. The third-order valence-corrected chi connectivity index (χ3v) is 4.49. The van der Waals surface area contributed by atoms with Crippen LogP contribution in [-0.2, 0) is 12.7 Å². The molecule has 0 radical (unpaired) electrons. The maximum atomic E-state index is 12.7. The number of aromatic nitrogens is 2. The normalized spacial score (nSPS) is 20.5. The first-order valence-corrected chi connectivity index (χ1v) is 7.27. The summed E-state index contributed by atoms with van der Waals surface area (Å²) in [5, 5.41) is 0. The average molecular weight is 315 g/mol. The molecule has 0 spiro atoms. The van der Waals surface area contributed by atoms with E-state index >= 15 is 0 Å². The first-order valence-electron chi connectivity index (χ1n) is 6.86. The van der Waals surface area contributed by atoms with Crippen molar-refractivity contribution < 1.29 is 13.2 Å². The summed E-state index contributed by atoms with van der Waals surface area (Å²) in [5.74, 6) is 0. The van der Waals surface area contributed by atoms with Crippen LogP contribution >= 0.6 is 12.2 Å². The van der Waals surface area contributed by atoms with Crippen LogP contribution in [0.1, 0.15) is 18.4 Å². The van der Waals surface area contributed by atoms with Crippen molar-refractivity contribution >= 4 is 23.3 Å². The zero-order valence-corrected chi connectivity index (χ0v) is 12.4. The van der Waals surface area contributed by atoms with Crippen LogP contribution in [0.2, 0.25) is 0 Å². The van der Waals surface area contributed by atoms with E-state index < -0.39 is 11.7 Å². The molecule has 0 bridgehead atoms. The Morgan fingerprint density at radius 2 is 2.14 bits per heavy atom. The second-order valence-electron chi connectivity index (χ2n) is 5.55. The summed E-state index contributed by atoms with van der Waals surface area (Å²) in [5.41, 5.74) is 0.514. The van der Waals surface area contributed by atoms with Crippen LogP contribution in [0.3, 0.4) is 0 Å². The van der Waals surface area contributed by atoms with Gasteiger partial charge < -0.3 is 14.5 Å². The number of rotatable bonds is 2. The number of hydrogen-bond acceptors (Lipinski definition) is 2. The van der Waals surface area contributed by atoms with Crippen molar-refractivity contribution in [2.45, 2.75) is 31.6 Å². The molecule has 1 aliphatic rings. The molecule has 3 rings (SSSR count). The molecule has 3 nitrogen and oxygen atoms in total. The Kier molecular flexibility index (Phi) is 3.57. The minimum Gasteiger partial charge on any atom is -0.331 e. The summed E-state index contributed by atoms with van der Waals surface area (Å²) in [6.07, 6.45) is -2.10. The predicted octanol–water partition coefficient (Wildman–Crippen LogP) is 3.81. The topological polar surface area (TPSA) is 24.0 Å². The molecule has 2 aromatic rings. The van der Waals surface area contributed by atoms with Crippen molar-refractivity contribution in [3.8, 4) is 0 Å². The van der Waals surface area contributed by atoms with Gasteiger partial charge in [-0.05, 0) is 56.9 Å². The molecule has 1 atom stereocenters. The van der Waals surface area contributed by atoms with Gasteiger partial charge in [0, 0.05) is 12.6 Å². The van der Waals surface area contributed by atoms with E-state index in [4.69, 9.17) is 12.2 Å². The Hall–Kier alpha value is -1.34. The number of aromatic amines is 1. The predicted molar refractivity (Wildman–Crippen MR) is 77.8 cm³/mol. The number of benzene rings is 1. The highest BCUT2D eigenvalue weighted by Crippen LogP contribution is 2.31. The van der Waals surface area contributed by atoms with Crippen LogP contribution in [-0.4, -0.2) is 34.1 Å². The number of fused-ring (bicyclic) bond motifs is 1. The Balaban J connectivity index is 2.00. The van der Waals surface area contributed by atoms with Crippen LogP contribution in [0.25, 0.3) is 11.0 Å². The summed E-state index contributed by atoms with van der Waals surface area (Å²) < 4.78 is 40.6. The van der Waals surface area contributed by atoms with Gasteiger partial charge in [-0.25, -0.2) is 0 Å². The van der Waals surface area contributed by atoms with Gasteiger partial charge in [0.2, 0.25) is 0 Å². The van der Waals surface area contributed by atoms with Gasteiger partial charge in [-0.15, -0.1) is 0 Å². The van der Waals surface area contributed by atoms with Gasteiger partial charge in [-0.1, -0.05) is 0 Å². The molecule has 114 valence electrons. The minimum absolute atomic E-state index is 0.387. The Bertz CT molecular complexity index is 716. The van der Waals surface area contributed by atoms with E-state index in [1.54, 1.807) is 0 Å². The molecule has 21 heavy (non-hydrogen) atoms. The van der Waals surface area contributed by atoms with Gasteiger partial charge in [0.05, 0.1) is 16.6 Å². The molecule has 1 aliphatic heterocycles. The Morgan fingerprint density at radius 1 is 1.38 bits per heavy atom. The second kappa shape index (κ2) is 5.14. The molecule has 0 aliphatic carbocycles. The molecule has 1 N–H and O–H groups in total. The van der Waals surface area contributed by atoms with Gasteiger partial charge in [0.25, 0.3) is 0 Å². The minimum atomic E-state index is -4.34. The summed E-state index contributed by atoms with van der Waals surface area (Å²) >= 11 is 5.27. The maximum absolute atomic E-state index is 12.7. The third-order valence-electron chi connectivity index (χ3n) is 4.17. The van der Waals surface area contributed by atoms with E-state index in [2.05, 4.69) is 16.9 Å². The van der Waals surface area contributed by atoms with E-state index in [1.165, 1.54) is 6.07 Å². The van der Waals surface area contributed by atoms with Crippen LogP contribution in [0.4, 0.5) is 13.2 Å². The fourth-order valence-corrected chi connectivity index (χ4v) is 3.22. The zero-order valence-electron chi connectivity index (χ0n) is 11.6. The molecular formula is C14H16F3N3S. The number of likely N-dealkylation sites (N-methyl/N-ethyl adjacent to an activating group) is 1. The SMILES string of the molecule is CN1CCCC1Cn1c(=S)[nH]c2cc(C(F)(F)F)ccc21. The van der Waals surface area contributed by atoms with Gasteiger partial charge in [0.15, 0.2) is 4.77 Å². The fraction of sp³-hybridized carbons (Fsp3) is 0.500. The highest BCUT2D eigenvalue weighted by molar-refractivity contribution is 7.71. The largest absolute Gasteiger partial charge is 0.416 e. The third kappa shape index (κ3) is 2.72. The van der Waals surface area contributed by atoms with Gasteiger partial charge in [-0.2, -0.15) is 13.2 Å². The first kappa shape index (κ1) is 14.6. The first-order chi connectivity index (χ1) is 9.86. The lowest BCUT2D eigenvalue weighted by Gasteiger charge is -2.20. The van der Waals surface area contributed by atoms with Crippen LogP contribution in [0.5, 0.6) is 0 Å². The summed E-state index contributed by atoms with van der Waals surface area (Å²) in [6, 6.07) is 4.12. The molecule has 0 saturated carbocycles. The number of hydrogen-bond donors (Lipinski definition) is 1. The summed E-state index contributed by atoms with van der Waals surface area (Å²) in [7, 11) is 2.07. The number of H-pyrrole nitrogens is 1. The van der Waals surface area contributed by atoms with Gasteiger partial charge in [-0.3, -0.25) is 0 Å². The molecule has 1 unspecified atom stereocenters. The molecular weight excluding hydrogens is 299 g/mol. The number of halogens is 3. The highest BCUT2D eigenvalue weighted by Gasteiger charge is 2.31. The Labute approximate surface area is 125 Å². The van der Waals surface area contributed by atoms with Crippen molar-refractivity contribution in [1.82, 2.24) is 14.5 Å². The monoisotopic (exact) mass is 315 g/mol. The molecule has 7 heteroatoms. The van der Waals surface area contributed by atoms with Crippen molar-refractivity contribution in [3.63, 3.8) is 0 Å². The summed E-state index contributed by atoms with van der Waals surface area (Å²) in [6.45, 7) is 1.76. The van der Waals surface area contributed by atoms with Crippen LogP contribution < -0.4 is 0 Å². The highest BCUT2D eigenvalue weighted by atomic mass is 32.1. The molecule has 0 amide bonds. The number of nitrogens with one attached hydrogen (secondary N) is 1. The van der Waals surface area contributed by atoms with E-state index in [1.807, 2.05) is 4.57 Å². The van der Waals surface area contributed by atoms with Crippen molar-refractivity contribution in [1.29, 1.82) is 0 Å². The number of likely N-dealkylation sites (tertiary alicyclic amines) is 1.